The van der Waals surface area contributed by atoms with Gasteiger partial charge in [0.05, 0.1) is 15.8 Å². The number of thioether (sulfide) groups is 1. The van der Waals surface area contributed by atoms with Gasteiger partial charge in [-0.15, -0.1) is 11.8 Å². The van der Waals surface area contributed by atoms with E-state index in [2.05, 4.69) is 10.3 Å². The second kappa shape index (κ2) is 8.22. The van der Waals surface area contributed by atoms with E-state index in [0.29, 0.717) is 23.8 Å². The number of aromatic nitrogens is 1. The van der Waals surface area contributed by atoms with E-state index in [-0.39, 0.29) is 17.7 Å². The van der Waals surface area contributed by atoms with Gasteiger partial charge in [-0.3, -0.25) is 9.59 Å². The molecule has 0 bridgehead atoms. The van der Waals surface area contributed by atoms with Gasteiger partial charge in [0.1, 0.15) is 0 Å². The molecular weight excluding hydrogens is 366 g/mol. The van der Waals surface area contributed by atoms with Gasteiger partial charge in [0.25, 0.3) is 5.91 Å². The van der Waals surface area contributed by atoms with Crippen molar-refractivity contribution in [2.75, 3.05) is 24.7 Å². The molecule has 1 saturated heterocycles. The average molecular weight is 390 g/mol. The van der Waals surface area contributed by atoms with Gasteiger partial charge >= 0.3 is 0 Å². The van der Waals surface area contributed by atoms with Crippen molar-refractivity contribution in [2.45, 2.75) is 30.9 Å². The number of anilines is 1. The monoisotopic (exact) mass is 389 g/mol. The summed E-state index contributed by atoms with van der Waals surface area (Å²) in [6, 6.07) is 7.58. The van der Waals surface area contributed by atoms with Crippen LogP contribution in [0, 0.1) is 19.8 Å². The molecule has 2 amide bonds. The van der Waals surface area contributed by atoms with Crippen LogP contribution in [-0.2, 0) is 4.79 Å². The fourth-order valence-corrected chi connectivity index (χ4v) is 4.70. The normalized spacial score (nSPS) is 17.2. The second-order valence-electron chi connectivity index (χ2n) is 6.54. The summed E-state index contributed by atoms with van der Waals surface area (Å²) in [6.45, 7) is 5.10. The molecule has 1 atom stereocenters. The van der Waals surface area contributed by atoms with E-state index in [1.54, 1.807) is 16.7 Å². The first-order valence-electron chi connectivity index (χ1n) is 8.66. The standard InChI is InChI=1S/C19H23N3O2S2/c1-12-6-8-14(9-7-12)17(24)22-10-4-5-15(11-22)16(23)21-19-20-13(2)18(25-3)26-19/h6-9,15H,4-5,10-11H2,1-3H3,(H,20,21,23). The van der Waals surface area contributed by atoms with Crippen LogP contribution < -0.4 is 5.32 Å². The fraction of sp³-hybridized carbons (Fsp3) is 0.421. The number of hydrogen-bond donors (Lipinski definition) is 1. The molecule has 0 spiro atoms. The number of likely N-dealkylation sites (tertiary alicyclic amines) is 1. The Hall–Kier alpha value is -1.86. The summed E-state index contributed by atoms with van der Waals surface area (Å²) in [5.41, 5.74) is 2.75. The molecule has 1 unspecified atom stereocenters. The number of amides is 2. The van der Waals surface area contributed by atoms with Crippen LogP contribution >= 0.6 is 23.1 Å². The molecular formula is C19H23N3O2S2. The van der Waals surface area contributed by atoms with Gasteiger partial charge in [0.2, 0.25) is 5.91 Å². The van der Waals surface area contributed by atoms with Crippen LogP contribution in [0.2, 0.25) is 0 Å². The maximum atomic E-state index is 12.7. The molecule has 7 heteroatoms. The van der Waals surface area contributed by atoms with Crippen molar-refractivity contribution < 1.29 is 9.59 Å². The van der Waals surface area contributed by atoms with E-state index < -0.39 is 0 Å². The predicted molar refractivity (Wildman–Crippen MR) is 107 cm³/mol. The van der Waals surface area contributed by atoms with Crippen molar-refractivity contribution in [2.24, 2.45) is 5.92 Å². The maximum absolute atomic E-state index is 12.7. The molecule has 0 radical (unpaired) electrons. The minimum absolute atomic E-state index is 0.00253. The van der Waals surface area contributed by atoms with Crippen molar-refractivity contribution in [3.05, 3.63) is 41.1 Å². The first-order valence-corrected chi connectivity index (χ1v) is 10.7. The lowest BCUT2D eigenvalue weighted by molar-refractivity contribution is -0.121. The van der Waals surface area contributed by atoms with E-state index in [1.165, 1.54) is 11.3 Å². The Bertz CT molecular complexity index is 802. The number of benzene rings is 1. The molecule has 0 saturated carbocycles. The molecule has 1 aromatic heterocycles. The zero-order valence-electron chi connectivity index (χ0n) is 15.2. The van der Waals surface area contributed by atoms with Crippen LogP contribution in [0.1, 0.15) is 34.5 Å². The zero-order chi connectivity index (χ0) is 18.7. The SMILES string of the molecule is CSc1sc(NC(=O)C2CCCN(C(=O)c3ccc(C)cc3)C2)nc1C. The Morgan fingerprint density at radius 3 is 2.65 bits per heavy atom. The third kappa shape index (κ3) is 4.27. The predicted octanol–water partition coefficient (Wildman–Crippen LogP) is 3.97. The van der Waals surface area contributed by atoms with Gasteiger partial charge in [0, 0.05) is 18.7 Å². The molecule has 3 rings (SSSR count). The second-order valence-corrected chi connectivity index (χ2v) is 8.62. The highest BCUT2D eigenvalue weighted by atomic mass is 32.2. The molecule has 1 fully saturated rings. The molecule has 0 aliphatic carbocycles. The van der Waals surface area contributed by atoms with Gasteiger partial charge < -0.3 is 10.2 Å². The largest absolute Gasteiger partial charge is 0.338 e. The lowest BCUT2D eigenvalue weighted by atomic mass is 9.96. The van der Waals surface area contributed by atoms with Crippen LogP contribution in [0.3, 0.4) is 0 Å². The Kier molecular flexibility index (Phi) is 5.98. The van der Waals surface area contributed by atoms with Crippen molar-refractivity contribution in [3.8, 4) is 0 Å². The van der Waals surface area contributed by atoms with Crippen LogP contribution in [0.15, 0.2) is 28.5 Å². The topological polar surface area (TPSA) is 62.3 Å². The lowest BCUT2D eigenvalue weighted by Gasteiger charge is -2.32. The van der Waals surface area contributed by atoms with Crippen molar-refractivity contribution in [1.82, 2.24) is 9.88 Å². The highest BCUT2D eigenvalue weighted by Gasteiger charge is 2.29. The summed E-state index contributed by atoms with van der Waals surface area (Å²) >= 11 is 3.13. The number of nitrogens with zero attached hydrogens (tertiary/aromatic N) is 2. The number of aryl methyl sites for hydroxylation is 2. The summed E-state index contributed by atoms with van der Waals surface area (Å²) in [7, 11) is 0. The van der Waals surface area contributed by atoms with Gasteiger partial charge in [-0.1, -0.05) is 29.0 Å². The molecule has 1 aliphatic heterocycles. The fourth-order valence-electron chi connectivity index (χ4n) is 3.09. The molecule has 26 heavy (non-hydrogen) atoms. The molecule has 138 valence electrons. The molecule has 5 nitrogen and oxygen atoms in total. The van der Waals surface area contributed by atoms with Gasteiger partial charge in [-0.2, -0.15) is 0 Å². The van der Waals surface area contributed by atoms with Gasteiger partial charge in [-0.05, 0) is 45.1 Å². The quantitative estimate of drug-likeness (QED) is 0.804. The Labute approximate surface area is 162 Å². The Balaban J connectivity index is 1.64. The van der Waals surface area contributed by atoms with Gasteiger partial charge in [-0.25, -0.2) is 4.98 Å². The van der Waals surface area contributed by atoms with Crippen LogP contribution in [0.4, 0.5) is 5.13 Å². The minimum Gasteiger partial charge on any atom is -0.338 e. The van der Waals surface area contributed by atoms with Crippen molar-refractivity contribution in [1.29, 1.82) is 0 Å². The maximum Gasteiger partial charge on any atom is 0.253 e. The zero-order valence-corrected chi connectivity index (χ0v) is 16.9. The summed E-state index contributed by atoms with van der Waals surface area (Å²) in [6.07, 6.45) is 3.63. The summed E-state index contributed by atoms with van der Waals surface area (Å²) < 4.78 is 1.11. The average Bonchev–Trinajstić information content (AvgIpc) is 3.01. The molecule has 2 heterocycles. The number of carbonyl (C=O) groups excluding carboxylic acids is 2. The Morgan fingerprint density at radius 1 is 1.27 bits per heavy atom. The number of piperidine rings is 1. The summed E-state index contributed by atoms with van der Waals surface area (Å²) in [5.74, 6) is -0.245. The highest BCUT2D eigenvalue weighted by Crippen LogP contribution is 2.31. The number of nitrogens with one attached hydrogen (secondary N) is 1. The number of rotatable bonds is 4. The van der Waals surface area contributed by atoms with Gasteiger partial charge in [0.15, 0.2) is 5.13 Å². The first kappa shape index (κ1) is 18.9. The van der Waals surface area contributed by atoms with E-state index in [0.717, 1.165) is 28.3 Å². The van der Waals surface area contributed by atoms with Crippen LogP contribution in [0.5, 0.6) is 0 Å². The first-order chi connectivity index (χ1) is 12.5. The minimum atomic E-state index is -0.194. The van der Waals surface area contributed by atoms with Crippen LogP contribution in [-0.4, -0.2) is 41.0 Å². The lowest BCUT2D eigenvalue weighted by Crippen LogP contribution is -2.43. The van der Waals surface area contributed by atoms with E-state index in [1.807, 2.05) is 44.4 Å². The van der Waals surface area contributed by atoms with Crippen molar-refractivity contribution >= 4 is 40.0 Å². The molecule has 1 aromatic carbocycles. The summed E-state index contributed by atoms with van der Waals surface area (Å²) in [4.78, 5) is 31.5. The smallest absolute Gasteiger partial charge is 0.253 e. The third-order valence-corrected chi connectivity index (χ3v) is 6.83. The van der Waals surface area contributed by atoms with E-state index >= 15 is 0 Å². The molecule has 1 aliphatic rings. The third-order valence-electron chi connectivity index (χ3n) is 4.55. The number of thiazole rings is 1. The highest BCUT2D eigenvalue weighted by molar-refractivity contribution is 8.00. The Morgan fingerprint density at radius 2 is 2.00 bits per heavy atom. The number of hydrogen-bond acceptors (Lipinski definition) is 5. The van der Waals surface area contributed by atoms with Crippen molar-refractivity contribution in [3.63, 3.8) is 0 Å². The van der Waals surface area contributed by atoms with E-state index in [9.17, 15) is 9.59 Å². The number of carbonyl (C=O) groups is 2. The molecule has 1 N–H and O–H groups in total. The van der Waals surface area contributed by atoms with Crippen LogP contribution in [0.25, 0.3) is 0 Å². The molecule has 2 aromatic rings. The van der Waals surface area contributed by atoms with E-state index in [4.69, 9.17) is 0 Å². The summed E-state index contributed by atoms with van der Waals surface area (Å²) in [5, 5.41) is 3.57.